The molecule has 26 heavy (non-hydrogen) atoms. The van der Waals surface area contributed by atoms with Gasteiger partial charge in [-0.3, -0.25) is 4.79 Å². The molecule has 3 aromatic rings. The lowest BCUT2D eigenvalue weighted by molar-refractivity contribution is -0.113. The van der Waals surface area contributed by atoms with Crippen molar-refractivity contribution in [3.8, 4) is 17.0 Å². The Morgan fingerprint density at radius 2 is 2.00 bits per heavy atom. The van der Waals surface area contributed by atoms with Gasteiger partial charge in [0.1, 0.15) is 17.2 Å². The number of carbonyl (C=O) groups is 1. The predicted octanol–water partition coefficient (Wildman–Crippen LogP) is 4.98. The number of nitrogens with one attached hydrogen (secondary N) is 1. The van der Waals surface area contributed by atoms with Crippen LogP contribution in [0.1, 0.15) is 5.76 Å². The number of rotatable bonds is 7. The molecule has 0 bridgehead atoms. The van der Waals surface area contributed by atoms with E-state index in [1.165, 1.54) is 11.8 Å². The Morgan fingerprint density at radius 1 is 1.23 bits per heavy atom. The van der Waals surface area contributed by atoms with Crippen LogP contribution < -0.4 is 10.1 Å². The van der Waals surface area contributed by atoms with Crippen LogP contribution in [-0.4, -0.2) is 23.9 Å². The van der Waals surface area contributed by atoms with Gasteiger partial charge in [0, 0.05) is 21.8 Å². The maximum Gasteiger partial charge on any atom is 0.234 e. The zero-order valence-corrected chi connectivity index (χ0v) is 16.5. The molecule has 0 unspecified atom stereocenters. The number of amides is 1. The van der Waals surface area contributed by atoms with E-state index in [4.69, 9.17) is 9.26 Å². The van der Waals surface area contributed by atoms with Gasteiger partial charge in [-0.1, -0.05) is 33.2 Å². The number of halogens is 1. The normalized spacial score (nSPS) is 10.5. The number of para-hydroxylation sites is 1. The molecule has 0 aliphatic carbocycles. The van der Waals surface area contributed by atoms with E-state index in [1.807, 2.05) is 54.6 Å². The van der Waals surface area contributed by atoms with E-state index in [-0.39, 0.29) is 5.91 Å². The van der Waals surface area contributed by atoms with Crippen LogP contribution in [0.5, 0.6) is 5.75 Å². The first-order valence-corrected chi connectivity index (χ1v) is 9.82. The molecular formula is C19H17BrN2O3S. The van der Waals surface area contributed by atoms with Crippen LogP contribution in [0.25, 0.3) is 11.3 Å². The summed E-state index contributed by atoms with van der Waals surface area (Å²) in [6.07, 6.45) is 0. The highest BCUT2D eigenvalue weighted by molar-refractivity contribution is 9.10. The summed E-state index contributed by atoms with van der Waals surface area (Å²) in [5.74, 6) is 2.31. The van der Waals surface area contributed by atoms with E-state index in [0.29, 0.717) is 17.3 Å². The van der Waals surface area contributed by atoms with Gasteiger partial charge in [-0.15, -0.1) is 11.8 Å². The van der Waals surface area contributed by atoms with Crippen LogP contribution in [0.15, 0.2) is 63.6 Å². The second-order valence-electron chi connectivity index (χ2n) is 5.43. The smallest absolute Gasteiger partial charge is 0.234 e. The summed E-state index contributed by atoms with van der Waals surface area (Å²) in [6, 6.07) is 17.0. The fourth-order valence-electron chi connectivity index (χ4n) is 2.34. The maximum atomic E-state index is 12.0. The topological polar surface area (TPSA) is 64.4 Å². The molecule has 1 heterocycles. The second-order valence-corrected chi connectivity index (χ2v) is 7.33. The molecule has 0 aliphatic rings. The van der Waals surface area contributed by atoms with Crippen molar-refractivity contribution < 1.29 is 14.1 Å². The van der Waals surface area contributed by atoms with E-state index in [1.54, 1.807) is 7.11 Å². The Bertz CT molecular complexity index is 881. The number of ether oxygens (including phenoxy) is 1. The number of hydrogen-bond acceptors (Lipinski definition) is 5. The summed E-state index contributed by atoms with van der Waals surface area (Å²) in [5.41, 5.74) is 2.37. The lowest BCUT2D eigenvalue weighted by Crippen LogP contribution is -2.13. The number of carbonyl (C=O) groups excluding carboxylic acids is 1. The molecule has 0 spiro atoms. The van der Waals surface area contributed by atoms with E-state index in [9.17, 15) is 4.79 Å². The predicted molar refractivity (Wildman–Crippen MR) is 107 cm³/mol. The third kappa shape index (κ3) is 4.89. The van der Waals surface area contributed by atoms with Crippen LogP contribution in [0.2, 0.25) is 0 Å². The van der Waals surface area contributed by atoms with Crippen molar-refractivity contribution in [1.82, 2.24) is 5.16 Å². The highest BCUT2D eigenvalue weighted by Crippen LogP contribution is 2.29. The number of hydrogen-bond donors (Lipinski definition) is 1. The fourth-order valence-corrected chi connectivity index (χ4v) is 3.30. The molecule has 0 saturated heterocycles. The lowest BCUT2D eigenvalue weighted by Gasteiger charge is -2.04. The first-order chi connectivity index (χ1) is 12.7. The van der Waals surface area contributed by atoms with Crippen molar-refractivity contribution in [3.05, 3.63) is 64.8 Å². The molecular weight excluding hydrogens is 416 g/mol. The SMILES string of the molecule is COc1ccccc1-c1cc(CSCC(=O)Nc2ccc(Br)cc2)on1. The first-order valence-electron chi connectivity index (χ1n) is 7.88. The number of methoxy groups -OCH3 is 1. The number of nitrogens with zero attached hydrogens (tertiary/aromatic N) is 1. The largest absolute Gasteiger partial charge is 0.496 e. The summed E-state index contributed by atoms with van der Waals surface area (Å²) < 4.78 is 11.7. The van der Waals surface area contributed by atoms with Crippen LogP contribution in [0.4, 0.5) is 5.69 Å². The van der Waals surface area contributed by atoms with Gasteiger partial charge < -0.3 is 14.6 Å². The maximum absolute atomic E-state index is 12.0. The zero-order valence-electron chi connectivity index (χ0n) is 14.1. The molecule has 5 nitrogen and oxygen atoms in total. The van der Waals surface area contributed by atoms with Gasteiger partial charge in [0.15, 0.2) is 0 Å². The van der Waals surface area contributed by atoms with Gasteiger partial charge >= 0.3 is 0 Å². The van der Waals surface area contributed by atoms with E-state index in [0.717, 1.165) is 27.2 Å². The minimum Gasteiger partial charge on any atom is -0.496 e. The van der Waals surface area contributed by atoms with Crippen molar-refractivity contribution in [2.45, 2.75) is 5.75 Å². The summed E-state index contributed by atoms with van der Waals surface area (Å²) in [5, 5.41) is 6.95. The Morgan fingerprint density at radius 3 is 2.77 bits per heavy atom. The van der Waals surface area contributed by atoms with Crippen molar-refractivity contribution in [3.63, 3.8) is 0 Å². The van der Waals surface area contributed by atoms with Gasteiger partial charge in [0.05, 0.1) is 18.6 Å². The Kier molecular flexibility index (Phi) is 6.35. The van der Waals surface area contributed by atoms with E-state index < -0.39 is 0 Å². The molecule has 0 radical (unpaired) electrons. The quantitative estimate of drug-likeness (QED) is 0.569. The monoisotopic (exact) mass is 432 g/mol. The lowest BCUT2D eigenvalue weighted by atomic mass is 10.1. The summed E-state index contributed by atoms with van der Waals surface area (Å²) in [6.45, 7) is 0. The summed E-state index contributed by atoms with van der Waals surface area (Å²) >= 11 is 4.84. The molecule has 0 atom stereocenters. The van der Waals surface area contributed by atoms with Gasteiger partial charge in [-0.05, 0) is 36.4 Å². The Balaban J connectivity index is 1.52. The zero-order chi connectivity index (χ0) is 18.4. The fraction of sp³-hybridized carbons (Fsp3) is 0.158. The van der Waals surface area contributed by atoms with Crippen molar-refractivity contribution in [2.75, 3.05) is 18.2 Å². The average molecular weight is 433 g/mol. The molecule has 3 rings (SSSR count). The number of benzene rings is 2. The molecule has 1 N–H and O–H groups in total. The standard InChI is InChI=1S/C19H17BrN2O3S/c1-24-18-5-3-2-4-16(18)17-10-15(25-22-17)11-26-12-19(23)21-14-8-6-13(20)7-9-14/h2-10H,11-12H2,1H3,(H,21,23). The van der Waals surface area contributed by atoms with Crippen LogP contribution in [-0.2, 0) is 10.5 Å². The highest BCUT2D eigenvalue weighted by Gasteiger charge is 2.11. The van der Waals surface area contributed by atoms with Gasteiger partial charge in [-0.2, -0.15) is 0 Å². The van der Waals surface area contributed by atoms with E-state index in [2.05, 4.69) is 26.4 Å². The molecule has 134 valence electrons. The molecule has 0 aliphatic heterocycles. The Hall–Kier alpha value is -2.25. The molecule has 0 fully saturated rings. The Labute approximate surface area is 164 Å². The molecule has 2 aromatic carbocycles. The van der Waals surface area contributed by atoms with Crippen LogP contribution >= 0.6 is 27.7 Å². The third-order valence-electron chi connectivity index (χ3n) is 3.55. The minimum atomic E-state index is -0.0539. The number of aromatic nitrogens is 1. The van der Waals surface area contributed by atoms with Crippen molar-refractivity contribution in [1.29, 1.82) is 0 Å². The number of thioether (sulfide) groups is 1. The average Bonchev–Trinajstić information content (AvgIpc) is 3.12. The van der Waals surface area contributed by atoms with Crippen molar-refractivity contribution in [2.24, 2.45) is 0 Å². The van der Waals surface area contributed by atoms with Gasteiger partial charge in [-0.25, -0.2) is 0 Å². The second kappa shape index (κ2) is 8.91. The van der Waals surface area contributed by atoms with Crippen molar-refractivity contribution >= 4 is 39.3 Å². The van der Waals surface area contributed by atoms with Crippen LogP contribution in [0, 0.1) is 0 Å². The minimum absolute atomic E-state index is 0.0539. The van der Waals surface area contributed by atoms with Gasteiger partial charge in [0.25, 0.3) is 0 Å². The highest BCUT2D eigenvalue weighted by atomic mass is 79.9. The first kappa shape index (κ1) is 18.5. The van der Waals surface area contributed by atoms with E-state index >= 15 is 0 Å². The molecule has 0 saturated carbocycles. The number of anilines is 1. The molecule has 1 amide bonds. The van der Waals surface area contributed by atoms with Gasteiger partial charge in [0.2, 0.25) is 5.91 Å². The summed E-state index contributed by atoms with van der Waals surface area (Å²) in [7, 11) is 1.62. The molecule has 7 heteroatoms. The summed E-state index contributed by atoms with van der Waals surface area (Å²) in [4.78, 5) is 12.0. The van der Waals surface area contributed by atoms with Crippen LogP contribution in [0.3, 0.4) is 0 Å². The molecule has 1 aromatic heterocycles. The third-order valence-corrected chi connectivity index (χ3v) is 5.03.